The molecule has 4 aromatic rings. The molecular weight excluding hydrogens is 356 g/mol. The van der Waals surface area contributed by atoms with E-state index in [0.29, 0.717) is 22.9 Å². The zero-order valence-electron chi connectivity index (χ0n) is 15.5. The molecule has 0 fully saturated rings. The van der Waals surface area contributed by atoms with Crippen molar-refractivity contribution in [2.45, 2.75) is 12.3 Å². The van der Waals surface area contributed by atoms with E-state index in [-0.39, 0.29) is 17.9 Å². The number of methoxy groups -OCH3 is 1. The lowest BCUT2D eigenvalue weighted by molar-refractivity contribution is -0.116. The first-order valence-electron chi connectivity index (χ1n) is 9.03. The van der Waals surface area contributed by atoms with Crippen LogP contribution in [0.5, 0.6) is 5.75 Å². The van der Waals surface area contributed by atoms with Gasteiger partial charge in [0.15, 0.2) is 0 Å². The first-order chi connectivity index (χ1) is 13.6. The van der Waals surface area contributed by atoms with Gasteiger partial charge >= 0.3 is 0 Å². The van der Waals surface area contributed by atoms with Gasteiger partial charge in [-0.05, 0) is 18.2 Å². The Morgan fingerprint density at radius 2 is 1.86 bits per heavy atom. The highest BCUT2D eigenvalue weighted by Gasteiger charge is 2.34. The Balaban J connectivity index is 1.91. The van der Waals surface area contributed by atoms with Gasteiger partial charge < -0.3 is 10.1 Å². The van der Waals surface area contributed by atoms with Crippen molar-refractivity contribution < 1.29 is 9.53 Å². The Bertz CT molecular complexity index is 1320. The van der Waals surface area contributed by atoms with Crippen molar-refractivity contribution in [2.75, 3.05) is 12.4 Å². The molecule has 1 atom stereocenters. The lowest BCUT2D eigenvalue weighted by Gasteiger charge is -2.27. The van der Waals surface area contributed by atoms with Gasteiger partial charge in [-0.25, -0.2) is 4.98 Å². The highest BCUT2D eigenvalue weighted by molar-refractivity contribution is 5.96. The third-order valence-electron chi connectivity index (χ3n) is 5.37. The Morgan fingerprint density at radius 1 is 1.11 bits per heavy atom. The summed E-state index contributed by atoms with van der Waals surface area (Å²) in [7, 11) is 3.30. The Kier molecular flexibility index (Phi) is 3.52. The average Bonchev–Trinajstić information content (AvgIpc) is 3.11. The highest BCUT2D eigenvalue weighted by Crippen LogP contribution is 2.39. The number of carbonyl (C=O) groups is 1. The molecule has 2 aromatic carbocycles. The van der Waals surface area contributed by atoms with E-state index < -0.39 is 5.92 Å². The molecule has 3 heterocycles. The maximum Gasteiger partial charge on any atom is 0.260 e. The molecule has 1 aliphatic heterocycles. The van der Waals surface area contributed by atoms with E-state index in [0.717, 1.165) is 16.6 Å². The third kappa shape index (κ3) is 2.19. The number of anilines is 1. The molecule has 140 valence electrons. The van der Waals surface area contributed by atoms with Gasteiger partial charge in [-0.2, -0.15) is 0 Å². The molecule has 0 saturated carbocycles. The molecule has 0 spiro atoms. The van der Waals surface area contributed by atoms with E-state index in [2.05, 4.69) is 10.3 Å². The van der Waals surface area contributed by atoms with Gasteiger partial charge in [-0.1, -0.05) is 30.3 Å². The van der Waals surface area contributed by atoms with Gasteiger partial charge in [0, 0.05) is 24.9 Å². The number of benzene rings is 2. The smallest absolute Gasteiger partial charge is 0.260 e. The standard InChI is InChI=1S/C21H18N4O3/c1-24-20(27)18-13(12-7-3-6-10-16(12)28-2)11-17(26)23-19(18)25-15-9-5-4-8-14(15)22-21(24)25/h3-10,13H,11H2,1-2H3,(H,23,26)/t13-/m0/s1. The van der Waals surface area contributed by atoms with Crippen molar-refractivity contribution in [2.24, 2.45) is 7.05 Å². The van der Waals surface area contributed by atoms with Crippen molar-refractivity contribution in [3.05, 3.63) is 70.0 Å². The van der Waals surface area contributed by atoms with Crippen molar-refractivity contribution in [3.8, 4) is 5.75 Å². The number of carbonyl (C=O) groups excluding carboxylic acids is 1. The highest BCUT2D eigenvalue weighted by atomic mass is 16.5. The molecule has 1 aliphatic rings. The van der Waals surface area contributed by atoms with Crippen molar-refractivity contribution >= 4 is 28.5 Å². The third-order valence-corrected chi connectivity index (χ3v) is 5.37. The summed E-state index contributed by atoms with van der Waals surface area (Å²) in [6.45, 7) is 0. The topological polar surface area (TPSA) is 77.6 Å². The van der Waals surface area contributed by atoms with Gasteiger partial charge in [0.25, 0.3) is 5.56 Å². The summed E-state index contributed by atoms with van der Waals surface area (Å²) in [4.78, 5) is 30.5. The lowest BCUT2D eigenvalue weighted by atomic mass is 9.86. The molecule has 0 bridgehead atoms. The van der Waals surface area contributed by atoms with Crippen molar-refractivity contribution in [1.29, 1.82) is 0 Å². The van der Waals surface area contributed by atoms with E-state index in [9.17, 15) is 9.59 Å². The molecule has 0 radical (unpaired) electrons. The Morgan fingerprint density at radius 3 is 2.68 bits per heavy atom. The number of rotatable bonds is 2. The van der Waals surface area contributed by atoms with Crippen LogP contribution >= 0.6 is 0 Å². The van der Waals surface area contributed by atoms with E-state index >= 15 is 0 Å². The summed E-state index contributed by atoms with van der Waals surface area (Å²) in [5.41, 5.74) is 2.79. The quantitative estimate of drug-likeness (QED) is 0.585. The molecular formula is C21H18N4O3. The zero-order chi connectivity index (χ0) is 19.4. The second-order valence-electron chi connectivity index (χ2n) is 6.91. The number of ether oxygens (including phenoxy) is 1. The van der Waals surface area contributed by atoms with Crippen LogP contribution in [0.3, 0.4) is 0 Å². The van der Waals surface area contributed by atoms with Gasteiger partial charge in [-0.3, -0.25) is 18.6 Å². The van der Waals surface area contributed by atoms with Crippen LogP contribution in [0.15, 0.2) is 53.3 Å². The molecule has 1 amide bonds. The number of hydrogen-bond donors (Lipinski definition) is 1. The average molecular weight is 374 g/mol. The summed E-state index contributed by atoms with van der Waals surface area (Å²) >= 11 is 0. The number of nitrogens with zero attached hydrogens (tertiary/aromatic N) is 3. The van der Waals surface area contributed by atoms with Crippen LogP contribution in [0, 0.1) is 0 Å². The van der Waals surface area contributed by atoms with E-state index in [1.807, 2.05) is 52.9 Å². The zero-order valence-corrected chi connectivity index (χ0v) is 15.5. The monoisotopic (exact) mass is 374 g/mol. The van der Waals surface area contributed by atoms with Crippen LogP contribution in [-0.4, -0.2) is 27.0 Å². The Labute approximate surface area is 160 Å². The number of amides is 1. The predicted molar refractivity (Wildman–Crippen MR) is 106 cm³/mol. The minimum atomic E-state index is -0.399. The maximum atomic E-state index is 13.3. The fraction of sp³-hybridized carbons (Fsp3) is 0.190. The first-order valence-corrected chi connectivity index (χ1v) is 9.03. The normalized spacial score (nSPS) is 16.2. The minimum absolute atomic E-state index is 0.143. The second kappa shape index (κ2) is 5.95. The van der Waals surface area contributed by atoms with Crippen LogP contribution in [0.4, 0.5) is 5.82 Å². The molecule has 1 N–H and O–H groups in total. The van der Waals surface area contributed by atoms with Crippen LogP contribution < -0.4 is 15.6 Å². The summed E-state index contributed by atoms with van der Waals surface area (Å²) in [6.07, 6.45) is 0.181. The summed E-state index contributed by atoms with van der Waals surface area (Å²) < 4.78 is 8.90. The molecule has 0 unspecified atom stereocenters. The van der Waals surface area contributed by atoms with E-state index in [1.54, 1.807) is 18.7 Å². The summed E-state index contributed by atoms with van der Waals surface area (Å²) in [5.74, 6) is 1.09. The number of imidazole rings is 1. The molecule has 0 aliphatic carbocycles. The molecule has 2 aromatic heterocycles. The Hall–Kier alpha value is -3.61. The fourth-order valence-electron chi connectivity index (χ4n) is 4.08. The van der Waals surface area contributed by atoms with Gasteiger partial charge in [0.05, 0.1) is 23.7 Å². The first kappa shape index (κ1) is 16.6. The van der Waals surface area contributed by atoms with Gasteiger partial charge in [0.1, 0.15) is 11.6 Å². The van der Waals surface area contributed by atoms with Crippen molar-refractivity contribution in [1.82, 2.24) is 14.0 Å². The molecule has 5 rings (SSSR count). The predicted octanol–water partition coefficient (Wildman–Crippen LogP) is 2.67. The molecule has 7 nitrogen and oxygen atoms in total. The van der Waals surface area contributed by atoms with Crippen LogP contribution in [-0.2, 0) is 11.8 Å². The number of aryl methyl sites for hydroxylation is 1. The largest absolute Gasteiger partial charge is 0.496 e. The lowest BCUT2D eigenvalue weighted by Crippen LogP contribution is -2.35. The summed E-state index contributed by atoms with van der Waals surface area (Å²) in [5, 5.41) is 2.92. The summed E-state index contributed by atoms with van der Waals surface area (Å²) in [6, 6.07) is 15.1. The van der Waals surface area contributed by atoms with Gasteiger partial charge in [-0.15, -0.1) is 0 Å². The number of aromatic nitrogens is 3. The SMILES string of the molecule is COc1ccccc1[C@@H]1CC(=O)Nc2c1c(=O)n(C)c1nc3ccccc3n21. The minimum Gasteiger partial charge on any atom is -0.496 e. The number of nitrogens with one attached hydrogen (secondary N) is 1. The van der Waals surface area contributed by atoms with Crippen molar-refractivity contribution in [3.63, 3.8) is 0 Å². The van der Waals surface area contributed by atoms with E-state index in [1.165, 1.54) is 0 Å². The number of hydrogen-bond acceptors (Lipinski definition) is 4. The van der Waals surface area contributed by atoms with E-state index in [4.69, 9.17) is 4.74 Å². The fourth-order valence-corrected chi connectivity index (χ4v) is 4.08. The number of fused-ring (bicyclic) bond motifs is 5. The number of para-hydroxylation sites is 3. The van der Waals surface area contributed by atoms with Crippen LogP contribution in [0.1, 0.15) is 23.5 Å². The molecule has 7 heteroatoms. The van der Waals surface area contributed by atoms with Crippen LogP contribution in [0.2, 0.25) is 0 Å². The second-order valence-corrected chi connectivity index (χ2v) is 6.91. The van der Waals surface area contributed by atoms with Gasteiger partial charge in [0.2, 0.25) is 11.7 Å². The van der Waals surface area contributed by atoms with Crippen LogP contribution in [0.25, 0.3) is 16.8 Å². The molecule has 0 saturated heterocycles. The maximum absolute atomic E-state index is 13.3. The molecule has 28 heavy (non-hydrogen) atoms.